The highest BCUT2D eigenvalue weighted by atomic mass is 32.1. The Morgan fingerprint density at radius 3 is 2.55 bits per heavy atom. The molecule has 1 aromatic carbocycles. The number of aromatic nitrogens is 1. The summed E-state index contributed by atoms with van der Waals surface area (Å²) in [6.45, 7) is 3.91. The topological polar surface area (TPSA) is 97.1 Å². The third kappa shape index (κ3) is 4.05. The van der Waals surface area contributed by atoms with Crippen molar-refractivity contribution in [1.82, 2.24) is 4.98 Å². The number of carbonyl (C=O) groups excluding carboxylic acids is 2. The van der Waals surface area contributed by atoms with Crippen LogP contribution in [0.25, 0.3) is 0 Å². The monoisotopic (exact) mass is 318 g/mol. The summed E-state index contributed by atoms with van der Waals surface area (Å²) in [5.41, 5.74) is 7.39. The number of thiazole rings is 1. The van der Waals surface area contributed by atoms with Crippen molar-refractivity contribution >= 4 is 39.0 Å². The Labute approximate surface area is 132 Å². The molecule has 1 heterocycles. The van der Waals surface area contributed by atoms with Crippen molar-refractivity contribution in [2.24, 2.45) is 5.73 Å². The maximum Gasteiger partial charge on any atom is 0.270 e. The Balaban J connectivity index is 2.20. The molecule has 0 atom stereocenters. The van der Waals surface area contributed by atoms with Gasteiger partial charge in [0.25, 0.3) is 5.91 Å². The first-order valence-electron chi connectivity index (χ1n) is 6.93. The molecule has 7 heteroatoms. The van der Waals surface area contributed by atoms with E-state index < -0.39 is 5.91 Å². The van der Waals surface area contributed by atoms with E-state index in [0.29, 0.717) is 16.6 Å². The van der Waals surface area contributed by atoms with Crippen LogP contribution in [0.15, 0.2) is 24.3 Å². The Morgan fingerprint density at radius 1 is 1.27 bits per heavy atom. The number of nitrogens with two attached hydrogens (primary N) is 1. The van der Waals surface area contributed by atoms with Crippen LogP contribution in [0.3, 0.4) is 0 Å². The first-order chi connectivity index (χ1) is 10.5. The molecule has 0 spiro atoms. The molecule has 0 unspecified atom stereocenters. The minimum absolute atomic E-state index is 0.0732. The largest absolute Gasteiger partial charge is 0.364 e. The lowest BCUT2D eigenvalue weighted by molar-refractivity contribution is -0.116. The normalized spacial score (nSPS) is 10.3. The van der Waals surface area contributed by atoms with Gasteiger partial charge in [-0.2, -0.15) is 0 Å². The average molecular weight is 318 g/mol. The molecule has 0 aliphatic carbocycles. The number of hydrogen-bond donors (Lipinski definition) is 3. The van der Waals surface area contributed by atoms with Crippen molar-refractivity contribution in [3.05, 3.63) is 35.5 Å². The highest BCUT2D eigenvalue weighted by Gasteiger charge is 2.17. The Hall–Kier alpha value is -2.41. The van der Waals surface area contributed by atoms with Gasteiger partial charge in [0.2, 0.25) is 5.91 Å². The Bertz CT molecular complexity index is 679. The zero-order valence-corrected chi connectivity index (χ0v) is 13.3. The van der Waals surface area contributed by atoms with Gasteiger partial charge in [-0.3, -0.25) is 9.59 Å². The highest BCUT2D eigenvalue weighted by Crippen LogP contribution is 2.30. The summed E-state index contributed by atoms with van der Waals surface area (Å²) in [6.07, 6.45) is 1.11. The van der Waals surface area contributed by atoms with Crippen molar-refractivity contribution in [3.63, 3.8) is 0 Å². The molecule has 0 radical (unpaired) electrons. The van der Waals surface area contributed by atoms with Gasteiger partial charge in [-0.25, -0.2) is 4.98 Å². The molecular weight excluding hydrogens is 300 g/mol. The van der Waals surface area contributed by atoms with E-state index >= 15 is 0 Å². The lowest BCUT2D eigenvalue weighted by Gasteiger charge is -2.02. The maximum absolute atomic E-state index is 11.7. The van der Waals surface area contributed by atoms with Gasteiger partial charge in [-0.1, -0.05) is 36.0 Å². The van der Waals surface area contributed by atoms with Gasteiger partial charge in [-0.15, -0.1) is 0 Å². The van der Waals surface area contributed by atoms with Crippen molar-refractivity contribution in [3.8, 4) is 0 Å². The Morgan fingerprint density at radius 2 is 1.95 bits per heavy atom. The fourth-order valence-corrected chi connectivity index (χ4v) is 2.71. The van der Waals surface area contributed by atoms with E-state index in [1.54, 1.807) is 0 Å². The fraction of sp³-hybridized carbons (Fsp3) is 0.267. The molecular formula is C15H18N4O2S. The van der Waals surface area contributed by atoms with Crippen molar-refractivity contribution in [2.45, 2.75) is 26.7 Å². The zero-order valence-electron chi connectivity index (χ0n) is 12.5. The minimum Gasteiger partial charge on any atom is -0.364 e. The molecule has 22 heavy (non-hydrogen) atoms. The zero-order chi connectivity index (χ0) is 16.1. The summed E-state index contributed by atoms with van der Waals surface area (Å²) in [7, 11) is 0. The van der Waals surface area contributed by atoms with E-state index in [4.69, 9.17) is 5.73 Å². The van der Waals surface area contributed by atoms with E-state index in [-0.39, 0.29) is 11.6 Å². The van der Waals surface area contributed by atoms with Crippen LogP contribution in [-0.2, 0) is 4.79 Å². The molecule has 4 N–H and O–H groups in total. The summed E-state index contributed by atoms with van der Waals surface area (Å²) < 4.78 is 0. The van der Waals surface area contributed by atoms with Crippen LogP contribution < -0.4 is 16.4 Å². The number of carbonyl (C=O) groups is 2. The quantitative estimate of drug-likeness (QED) is 0.762. The summed E-state index contributed by atoms with van der Waals surface area (Å²) >= 11 is 1.19. The minimum atomic E-state index is -0.667. The summed E-state index contributed by atoms with van der Waals surface area (Å²) in [4.78, 5) is 27.3. The van der Waals surface area contributed by atoms with Crippen LogP contribution in [-0.4, -0.2) is 16.8 Å². The molecule has 0 saturated carbocycles. The van der Waals surface area contributed by atoms with Crippen LogP contribution in [0, 0.1) is 6.92 Å². The molecule has 2 amide bonds. The van der Waals surface area contributed by atoms with E-state index in [2.05, 4.69) is 15.6 Å². The van der Waals surface area contributed by atoms with Crippen LogP contribution in [0.4, 0.5) is 15.8 Å². The van der Waals surface area contributed by atoms with Crippen LogP contribution in [0.2, 0.25) is 0 Å². The first-order valence-corrected chi connectivity index (χ1v) is 7.75. The van der Waals surface area contributed by atoms with Gasteiger partial charge >= 0.3 is 0 Å². The number of benzene rings is 1. The molecule has 6 nitrogen and oxygen atoms in total. The number of primary amides is 1. The second-order valence-corrected chi connectivity index (χ2v) is 5.85. The number of rotatable bonds is 6. The molecule has 0 saturated heterocycles. The van der Waals surface area contributed by atoms with E-state index in [1.165, 1.54) is 11.3 Å². The number of nitrogens with zero attached hydrogens (tertiary/aromatic N) is 1. The lowest BCUT2D eigenvalue weighted by Crippen LogP contribution is -2.17. The third-order valence-electron chi connectivity index (χ3n) is 2.89. The summed E-state index contributed by atoms with van der Waals surface area (Å²) in [5, 5.41) is 6.66. The van der Waals surface area contributed by atoms with Gasteiger partial charge in [0.15, 0.2) is 10.8 Å². The number of aryl methyl sites for hydroxylation is 1. The standard InChI is InChI=1S/C15H18N4O2S/c1-3-4-11(20)18-14-12(13(16)21)19-15(22-14)17-10-7-5-9(2)6-8-10/h5-8H,3-4H2,1-2H3,(H2,16,21)(H,17,19)(H,18,20). The second-order valence-electron chi connectivity index (χ2n) is 4.85. The molecule has 2 aromatic rings. The van der Waals surface area contributed by atoms with Crippen LogP contribution in [0.1, 0.15) is 35.8 Å². The van der Waals surface area contributed by atoms with E-state index in [9.17, 15) is 9.59 Å². The van der Waals surface area contributed by atoms with Gasteiger partial charge in [0.1, 0.15) is 5.00 Å². The predicted octanol–water partition coefficient (Wildman–Crippen LogP) is 3.03. The van der Waals surface area contributed by atoms with Crippen LogP contribution >= 0.6 is 11.3 Å². The van der Waals surface area contributed by atoms with E-state index in [1.807, 2.05) is 38.1 Å². The second kappa shape index (κ2) is 7.04. The molecule has 2 rings (SSSR count). The number of nitrogens with one attached hydrogen (secondary N) is 2. The number of amides is 2. The van der Waals surface area contributed by atoms with Crippen LogP contribution in [0.5, 0.6) is 0 Å². The van der Waals surface area contributed by atoms with Crippen molar-refractivity contribution in [1.29, 1.82) is 0 Å². The van der Waals surface area contributed by atoms with Gasteiger partial charge in [0.05, 0.1) is 0 Å². The Kier molecular flexibility index (Phi) is 5.11. The molecule has 0 aliphatic rings. The fourth-order valence-electron chi connectivity index (χ4n) is 1.80. The summed E-state index contributed by atoms with van der Waals surface area (Å²) in [6, 6.07) is 7.76. The van der Waals surface area contributed by atoms with Gasteiger partial charge in [0, 0.05) is 12.1 Å². The predicted molar refractivity (Wildman–Crippen MR) is 88.6 cm³/mol. The molecule has 1 aromatic heterocycles. The average Bonchev–Trinajstić information content (AvgIpc) is 2.84. The van der Waals surface area contributed by atoms with E-state index in [0.717, 1.165) is 17.7 Å². The molecule has 0 bridgehead atoms. The number of anilines is 3. The van der Waals surface area contributed by atoms with Gasteiger partial charge in [-0.05, 0) is 25.5 Å². The third-order valence-corrected chi connectivity index (χ3v) is 3.78. The number of hydrogen-bond acceptors (Lipinski definition) is 5. The summed E-state index contributed by atoms with van der Waals surface area (Å²) in [5.74, 6) is -0.824. The highest BCUT2D eigenvalue weighted by molar-refractivity contribution is 7.20. The van der Waals surface area contributed by atoms with Crippen molar-refractivity contribution < 1.29 is 9.59 Å². The SMILES string of the molecule is CCCC(=O)Nc1sc(Nc2ccc(C)cc2)nc1C(N)=O. The first kappa shape index (κ1) is 16.0. The lowest BCUT2D eigenvalue weighted by atomic mass is 10.2. The maximum atomic E-state index is 11.7. The van der Waals surface area contributed by atoms with Crippen molar-refractivity contribution in [2.75, 3.05) is 10.6 Å². The molecule has 0 aliphatic heterocycles. The molecule has 0 fully saturated rings. The van der Waals surface area contributed by atoms with Gasteiger partial charge < -0.3 is 16.4 Å². The molecule has 116 valence electrons. The smallest absolute Gasteiger partial charge is 0.270 e.